The molecule has 59 heavy (non-hydrogen) atoms. The quantitative estimate of drug-likeness (QED) is 0.162. The normalized spacial score (nSPS) is 13.3. The van der Waals surface area contributed by atoms with E-state index >= 15 is 0 Å². The van der Waals surface area contributed by atoms with Crippen molar-refractivity contribution in [2.24, 2.45) is 0 Å². The summed E-state index contributed by atoms with van der Waals surface area (Å²) in [5.74, 6) is -0.309. The molecule has 0 atom stereocenters. The minimum atomic E-state index is -2.50. The maximum absolute atomic E-state index is 12.4. The van der Waals surface area contributed by atoms with Gasteiger partial charge in [0.05, 0.1) is 22.3 Å². The fourth-order valence-electron chi connectivity index (χ4n) is 7.63. The van der Waals surface area contributed by atoms with E-state index < -0.39 is 18.2 Å². The monoisotopic (exact) mass is 957 g/mol. The van der Waals surface area contributed by atoms with Gasteiger partial charge in [0.15, 0.2) is 0 Å². The number of imidazole rings is 1. The van der Waals surface area contributed by atoms with Gasteiger partial charge >= 0.3 is 0 Å². The molecule has 6 aromatic carbocycles. The van der Waals surface area contributed by atoms with Crippen LogP contribution in [0, 0.1) is 12.9 Å². The number of phenolic OH excluding ortho intramolecular Hbond substituents is 1. The van der Waals surface area contributed by atoms with E-state index in [0.717, 1.165) is 55.6 Å². The topological polar surface area (TPSA) is 50.9 Å². The van der Waals surface area contributed by atoms with E-state index in [2.05, 4.69) is 77.9 Å². The first-order valence-electron chi connectivity index (χ1n) is 21.9. The van der Waals surface area contributed by atoms with Crippen molar-refractivity contribution in [2.45, 2.75) is 79.0 Å². The first kappa shape index (κ1) is 36.5. The SMILES string of the molecule is [2H]C([2H])([2H])c1cc(-c2ccccc2)ccc1-n1c(-c2cc(C(C)(C)C)cc(C(C)(C)C)c2O)nc2c(-c3[c-]c(-c4cc(C([2H])(C)C)ccn4)cc(-c4ccccc4)c3)cccc21.[Pt]. The molecule has 8 aromatic rings. The van der Waals surface area contributed by atoms with E-state index in [1.54, 1.807) is 12.3 Å². The molecule has 2 aromatic heterocycles. The molecule has 0 fully saturated rings. The van der Waals surface area contributed by atoms with E-state index in [4.69, 9.17) is 15.5 Å². The molecule has 0 saturated carbocycles. The van der Waals surface area contributed by atoms with Crippen molar-refractivity contribution < 1.29 is 31.7 Å². The Balaban J connectivity index is 0.00000595. The Morgan fingerprint density at radius 2 is 1.36 bits per heavy atom. The van der Waals surface area contributed by atoms with Crippen molar-refractivity contribution in [2.75, 3.05) is 0 Å². The van der Waals surface area contributed by atoms with Gasteiger partial charge in [-0.05, 0) is 87.3 Å². The van der Waals surface area contributed by atoms with Gasteiger partial charge in [0.25, 0.3) is 0 Å². The van der Waals surface area contributed by atoms with Crippen molar-refractivity contribution in [3.63, 3.8) is 0 Å². The Bertz CT molecular complexity index is 2960. The van der Waals surface area contributed by atoms with Gasteiger partial charge in [-0.3, -0.25) is 9.55 Å². The smallest absolute Gasteiger partial charge is 0.148 e. The van der Waals surface area contributed by atoms with Crippen LogP contribution in [0.5, 0.6) is 5.75 Å². The molecule has 0 spiro atoms. The van der Waals surface area contributed by atoms with Gasteiger partial charge in [-0.1, -0.05) is 163 Å². The number of aromatic nitrogens is 3. The third-order valence-electron chi connectivity index (χ3n) is 10.9. The number of fused-ring (bicyclic) bond motifs is 1. The number of hydrogen-bond acceptors (Lipinski definition) is 3. The molecule has 0 aliphatic carbocycles. The number of aromatic hydroxyl groups is 1. The molecule has 2 heterocycles. The molecule has 0 aliphatic heterocycles. The summed E-state index contributed by atoms with van der Waals surface area (Å²) in [4.78, 5) is 10.2. The number of hydrogen-bond donors (Lipinski definition) is 1. The number of benzene rings is 6. The van der Waals surface area contributed by atoms with Crippen molar-refractivity contribution >= 4 is 11.0 Å². The number of phenols is 1. The number of para-hydroxylation sites is 1. The number of rotatable bonds is 7. The summed E-state index contributed by atoms with van der Waals surface area (Å²) in [7, 11) is 0. The number of aryl methyl sites for hydroxylation is 1. The molecule has 0 aliphatic rings. The fourth-order valence-corrected chi connectivity index (χ4v) is 7.63. The maximum atomic E-state index is 12.4. The Morgan fingerprint density at radius 1 is 0.678 bits per heavy atom. The van der Waals surface area contributed by atoms with Gasteiger partial charge in [0.1, 0.15) is 11.6 Å². The molecule has 8 rings (SSSR count). The largest absolute Gasteiger partial charge is 0.507 e. The molecule has 300 valence electrons. The van der Waals surface area contributed by atoms with E-state index in [9.17, 15) is 5.11 Å². The predicted octanol–water partition coefficient (Wildman–Crippen LogP) is 14.3. The van der Waals surface area contributed by atoms with Crippen LogP contribution in [0.3, 0.4) is 0 Å². The second-order valence-corrected chi connectivity index (χ2v) is 17.5. The van der Waals surface area contributed by atoms with E-state index in [-0.39, 0.29) is 37.8 Å². The Morgan fingerprint density at radius 3 is 2.00 bits per heavy atom. The van der Waals surface area contributed by atoms with Gasteiger partial charge in [-0.25, -0.2) is 4.98 Å². The summed E-state index contributed by atoms with van der Waals surface area (Å²) < 4.78 is 37.4. The van der Waals surface area contributed by atoms with Crippen LogP contribution in [-0.2, 0) is 31.9 Å². The third-order valence-corrected chi connectivity index (χ3v) is 10.9. The zero-order valence-electron chi connectivity index (χ0n) is 38.9. The van der Waals surface area contributed by atoms with Crippen LogP contribution >= 0.6 is 0 Å². The van der Waals surface area contributed by atoms with Crippen LogP contribution in [0.2, 0.25) is 0 Å². The molecular weight excluding hydrogens is 902 g/mol. The molecule has 1 N–H and O–H groups in total. The first-order chi connectivity index (χ1) is 29.2. The molecule has 0 bridgehead atoms. The van der Waals surface area contributed by atoms with Crippen molar-refractivity contribution in [1.29, 1.82) is 0 Å². The van der Waals surface area contributed by atoms with Crippen LogP contribution in [0.1, 0.15) is 89.0 Å². The van der Waals surface area contributed by atoms with Gasteiger partial charge in [0.2, 0.25) is 0 Å². The zero-order valence-corrected chi connectivity index (χ0v) is 37.2. The molecule has 4 nitrogen and oxygen atoms in total. The van der Waals surface area contributed by atoms with Crippen LogP contribution in [0.4, 0.5) is 0 Å². The standard InChI is InChI=1S/C54H52N3O.Pt/c1-34(2)38-25-26-55-47(31-38)42-29-40(37-19-14-11-15-20-37)28-41(30-42)44-21-16-22-49-50(44)56-52(45-32-43(53(4,5)6)33-46(51(45)58)54(7,8)9)57(49)48-24-23-39(27-35(48)3)36-17-12-10-13-18-36;/h10-29,31-34,58H,1-9H3;/q-1;/i3D3,34D;. The average Bonchev–Trinajstić information content (AvgIpc) is 3.62. The summed E-state index contributed by atoms with van der Waals surface area (Å²) in [5.41, 5.74) is 11.0. The first-order valence-corrected chi connectivity index (χ1v) is 19.9. The zero-order chi connectivity index (χ0) is 44.4. The molecule has 0 saturated heterocycles. The summed E-state index contributed by atoms with van der Waals surface area (Å²) in [5, 5.41) is 12.4. The second kappa shape index (κ2) is 16.2. The Kier molecular flexibility index (Phi) is 10.0. The van der Waals surface area contributed by atoms with Crippen LogP contribution < -0.4 is 0 Å². The van der Waals surface area contributed by atoms with Crippen LogP contribution in [-0.4, -0.2) is 19.6 Å². The third kappa shape index (κ3) is 8.21. The van der Waals surface area contributed by atoms with E-state index in [0.29, 0.717) is 33.8 Å². The number of pyridine rings is 1. The summed E-state index contributed by atoms with van der Waals surface area (Å²) in [6.07, 6.45) is 1.74. The second-order valence-electron chi connectivity index (χ2n) is 17.5. The molecule has 0 radical (unpaired) electrons. The van der Waals surface area contributed by atoms with Crippen molar-refractivity contribution in [3.8, 4) is 67.5 Å². The molecule has 0 amide bonds. The van der Waals surface area contributed by atoms with E-state index in [1.165, 1.54) is 0 Å². The fraction of sp³-hybridized carbons (Fsp3) is 0.222. The van der Waals surface area contributed by atoms with Crippen molar-refractivity contribution in [1.82, 2.24) is 14.5 Å². The summed E-state index contributed by atoms with van der Waals surface area (Å²) in [6, 6.07) is 47.2. The van der Waals surface area contributed by atoms with Crippen LogP contribution in [0.15, 0.2) is 140 Å². The van der Waals surface area contributed by atoms with Gasteiger partial charge in [0, 0.05) is 44.0 Å². The minimum absolute atomic E-state index is 0. The maximum Gasteiger partial charge on any atom is 0.148 e. The molecule has 0 unspecified atom stereocenters. The van der Waals surface area contributed by atoms with Gasteiger partial charge < -0.3 is 5.11 Å². The summed E-state index contributed by atoms with van der Waals surface area (Å²) >= 11 is 0. The Labute approximate surface area is 369 Å². The van der Waals surface area contributed by atoms with Crippen molar-refractivity contribution in [3.05, 3.63) is 168 Å². The molecule has 5 heteroatoms. The van der Waals surface area contributed by atoms with E-state index in [1.807, 2.05) is 115 Å². The van der Waals surface area contributed by atoms with Crippen LogP contribution in [0.25, 0.3) is 72.7 Å². The van der Waals surface area contributed by atoms with Gasteiger partial charge in [-0.15, -0.1) is 23.8 Å². The average molecular weight is 958 g/mol. The summed E-state index contributed by atoms with van der Waals surface area (Å²) in [6.45, 7) is 13.9. The minimum Gasteiger partial charge on any atom is -0.507 e. The number of nitrogens with zero attached hydrogens (tertiary/aromatic N) is 3. The predicted molar refractivity (Wildman–Crippen MR) is 243 cm³/mol. The van der Waals surface area contributed by atoms with Gasteiger partial charge in [-0.2, -0.15) is 0 Å². The molecular formula is C54H52N3OPt-. The Hall–Kier alpha value is -5.57.